The molecule has 3 aromatic heterocycles. The third kappa shape index (κ3) is 6.08. The zero-order valence-corrected chi connectivity index (χ0v) is 31.6. The number of nitrogen functional groups attached to an aromatic ring is 1. The monoisotopic (exact) mass is 735 g/mol. The molecule has 0 amide bonds. The number of aliphatic hydroxyl groups is 1. The third-order valence-electron chi connectivity index (χ3n) is 14.5. The van der Waals surface area contributed by atoms with E-state index in [4.69, 9.17) is 15.5 Å². The number of aryl methyl sites for hydroxylation is 1. The quantitative estimate of drug-likeness (QED) is 0.218. The van der Waals surface area contributed by atoms with Gasteiger partial charge in [-0.3, -0.25) is 4.68 Å². The zero-order valence-electron chi connectivity index (χ0n) is 30.0. The van der Waals surface area contributed by atoms with E-state index in [1.807, 2.05) is 25.6 Å². The molecule has 0 aromatic carbocycles. The van der Waals surface area contributed by atoms with Gasteiger partial charge in [0.25, 0.3) is 0 Å². The van der Waals surface area contributed by atoms with Crippen LogP contribution in [0.15, 0.2) is 23.1 Å². The molecule has 4 heterocycles. The molecule has 1 aliphatic heterocycles. The Balaban J connectivity index is 0.819. The number of nitrogens with zero attached hydrogens (tertiary/aromatic N) is 6. The third-order valence-corrected chi connectivity index (χ3v) is 15.4. The standard InChI is InChI=1S/C39H58BrN7O2/c1-38-15-13-28(48)20-27(38)9-10-29-31-11-12-33(39(31,2)16-14-32(29)38)49-19-6-4-5-17-46-18-7-8-25(24-46)35-34(40)36(41)47-37(44-35)30(22-43-47)26-21-42-45(3)23-26/h21-23,25,27-29,31-33,48H,4-20,24,41H2,1-3H3/t25-,27+,28?,29+,31+,32+,33+,38+,39+/m1/s1. The lowest BCUT2D eigenvalue weighted by Crippen LogP contribution is -2.54. The molecule has 3 aromatic rings. The van der Waals surface area contributed by atoms with E-state index in [0.29, 0.717) is 28.7 Å². The van der Waals surface area contributed by atoms with Crippen molar-refractivity contribution in [3.63, 3.8) is 0 Å². The van der Waals surface area contributed by atoms with Crippen molar-refractivity contribution in [2.45, 2.75) is 122 Å². The Labute approximate surface area is 300 Å². The summed E-state index contributed by atoms with van der Waals surface area (Å²) in [6, 6.07) is 0. The van der Waals surface area contributed by atoms with Crippen LogP contribution in [0, 0.1) is 34.5 Å². The molecule has 1 saturated heterocycles. The number of hydrogen-bond donors (Lipinski definition) is 2. The number of nitrogens with two attached hydrogens (primary N) is 1. The van der Waals surface area contributed by atoms with E-state index in [-0.39, 0.29) is 6.10 Å². The van der Waals surface area contributed by atoms with Crippen molar-refractivity contribution in [1.29, 1.82) is 0 Å². The summed E-state index contributed by atoms with van der Waals surface area (Å²) >= 11 is 3.79. The molecule has 49 heavy (non-hydrogen) atoms. The van der Waals surface area contributed by atoms with Gasteiger partial charge in [-0.25, -0.2) is 4.98 Å². The number of ether oxygens (including phenoxy) is 1. The Bertz CT molecular complexity index is 1640. The van der Waals surface area contributed by atoms with Crippen LogP contribution in [0.5, 0.6) is 0 Å². The average molecular weight is 737 g/mol. The molecule has 268 valence electrons. The van der Waals surface area contributed by atoms with E-state index in [9.17, 15) is 5.11 Å². The number of halogens is 1. The Morgan fingerprint density at radius 1 is 0.980 bits per heavy atom. The van der Waals surface area contributed by atoms with Crippen molar-refractivity contribution in [2.75, 3.05) is 32.0 Å². The predicted molar refractivity (Wildman–Crippen MR) is 197 cm³/mol. The van der Waals surface area contributed by atoms with Crippen LogP contribution >= 0.6 is 15.9 Å². The van der Waals surface area contributed by atoms with Gasteiger partial charge in [-0.15, -0.1) is 0 Å². The number of aromatic nitrogens is 5. The van der Waals surface area contributed by atoms with Gasteiger partial charge < -0.3 is 20.5 Å². The second-order valence-corrected chi connectivity index (χ2v) is 18.0. The molecule has 0 bridgehead atoms. The van der Waals surface area contributed by atoms with E-state index in [1.165, 1.54) is 64.2 Å². The van der Waals surface area contributed by atoms with Crippen LogP contribution in [0.4, 0.5) is 5.82 Å². The minimum absolute atomic E-state index is 0.0552. The lowest BCUT2D eigenvalue weighted by Gasteiger charge is -2.60. The topological polar surface area (TPSA) is 107 Å². The molecule has 9 nitrogen and oxygen atoms in total. The molecule has 0 spiro atoms. The first-order chi connectivity index (χ1) is 23.7. The minimum atomic E-state index is -0.0552. The smallest absolute Gasteiger partial charge is 0.165 e. The van der Waals surface area contributed by atoms with Crippen LogP contribution in [-0.2, 0) is 11.8 Å². The highest BCUT2D eigenvalue weighted by atomic mass is 79.9. The Morgan fingerprint density at radius 3 is 2.65 bits per heavy atom. The average Bonchev–Trinajstić information content (AvgIpc) is 3.81. The summed E-state index contributed by atoms with van der Waals surface area (Å²) in [6.07, 6.45) is 23.3. The number of likely N-dealkylation sites (tertiary alicyclic amines) is 1. The van der Waals surface area contributed by atoms with E-state index >= 15 is 0 Å². The normalized spacial score (nSPS) is 36.5. The molecule has 4 aliphatic carbocycles. The fraction of sp³-hybridized carbons (Fsp3) is 0.769. The van der Waals surface area contributed by atoms with Crippen LogP contribution in [0.25, 0.3) is 16.8 Å². The first-order valence-electron chi connectivity index (χ1n) is 19.5. The van der Waals surface area contributed by atoms with E-state index in [1.54, 1.807) is 9.20 Å². The van der Waals surface area contributed by atoms with Gasteiger partial charge in [0.2, 0.25) is 0 Å². The maximum atomic E-state index is 10.4. The van der Waals surface area contributed by atoms with E-state index in [2.05, 4.69) is 44.9 Å². The van der Waals surface area contributed by atoms with Crippen molar-refractivity contribution < 1.29 is 9.84 Å². The predicted octanol–water partition coefficient (Wildman–Crippen LogP) is 7.61. The molecule has 5 fully saturated rings. The highest BCUT2D eigenvalue weighted by molar-refractivity contribution is 9.10. The Hall–Kier alpha value is -2.01. The molecular weight excluding hydrogens is 678 g/mol. The Kier molecular flexibility index (Phi) is 9.40. The number of rotatable bonds is 9. The van der Waals surface area contributed by atoms with Gasteiger partial charge in [-0.2, -0.15) is 14.7 Å². The van der Waals surface area contributed by atoms with Crippen LogP contribution in [0.2, 0.25) is 0 Å². The number of aliphatic hydroxyl groups excluding tert-OH is 1. The molecule has 3 N–H and O–H groups in total. The lowest BCUT2D eigenvalue weighted by atomic mass is 9.45. The van der Waals surface area contributed by atoms with E-state index in [0.717, 1.165) is 103 Å². The van der Waals surface area contributed by atoms with Gasteiger partial charge in [0.05, 0.1) is 34.8 Å². The fourth-order valence-electron chi connectivity index (χ4n) is 11.8. The number of hydrogen-bond acceptors (Lipinski definition) is 7. The van der Waals surface area contributed by atoms with Gasteiger partial charge in [-0.05, 0) is 153 Å². The Morgan fingerprint density at radius 2 is 1.82 bits per heavy atom. The minimum Gasteiger partial charge on any atom is -0.393 e. The fourth-order valence-corrected chi connectivity index (χ4v) is 12.4. The molecule has 5 aliphatic rings. The summed E-state index contributed by atoms with van der Waals surface area (Å²) in [6.45, 7) is 9.38. The lowest BCUT2D eigenvalue weighted by molar-refractivity contribution is -0.141. The molecule has 8 rings (SSSR count). The van der Waals surface area contributed by atoms with Crippen molar-refractivity contribution in [3.8, 4) is 11.1 Å². The molecule has 0 radical (unpaired) electrons. The maximum Gasteiger partial charge on any atom is 0.165 e. The van der Waals surface area contributed by atoms with Crippen LogP contribution < -0.4 is 5.73 Å². The van der Waals surface area contributed by atoms with Crippen molar-refractivity contribution in [2.24, 2.45) is 41.5 Å². The van der Waals surface area contributed by atoms with Gasteiger partial charge in [-0.1, -0.05) is 13.8 Å². The van der Waals surface area contributed by atoms with Crippen molar-refractivity contribution in [1.82, 2.24) is 29.3 Å². The van der Waals surface area contributed by atoms with Gasteiger partial charge in [0, 0.05) is 43.4 Å². The first-order valence-corrected chi connectivity index (χ1v) is 20.3. The summed E-state index contributed by atoms with van der Waals surface area (Å²) < 4.78 is 11.2. The SMILES string of the molecule is Cn1cc(-c2cnn3c(N)c(Br)c([C@@H]4CCCN(CCCCCO[C@H]5CC[C@H]6[C@@H]7CC[C@H]8CC(O)CC[C@]8(C)[C@H]7CC[C@]56C)C4)nc23)cn1. The summed E-state index contributed by atoms with van der Waals surface area (Å²) in [4.78, 5) is 7.79. The van der Waals surface area contributed by atoms with E-state index < -0.39 is 0 Å². The number of unbranched alkanes of at least 4 members (excludes halogenated alkanes) is 2. The summed E-state index contributed by atoms with van der Waals surface area (Å²) in [7, 11) is 1.92. The zero-order chi connectivity index (χ0) is 33.9. The van der Waals surface area contributed by atoms with Gasteiger partial charge in [0.1, 0.15) is 5.82 Å². The van der Waals surface area contributed by atoms with Crippen LogP contribution in [0.1, 0.15) is 115 Å². The second kappa shape index (κ2) is 13.5. The van der Waals surface area contributed by atoms with Crippen LogP contribution in [0.3, 0.4) is 0 Å². The molecule has 10 heteroatoms. The molecule has 1 unspecified atom stereocenters. The molecule has 4 saturated carbocycles. The summed E-state index contributed by atoms with van der Waals surface area (Å²) in [5, 5.41) is 19.3. The molecule has 9 atom stereocenters. The first kappa shape index (κ1) is 34.1. The molecular formula is C39H58BrN7O2. The van der Waals surface area contributed by atoms with Crippen LogP contribution in [-0.4, -0.2) is 72.8 Å². The maximum absolute atomic E-state index is 10.4. The number of anilines is 1. The van der Waals surface area contributed by atoms with Gasteiger partial charge >= 0.3 is 0 Å². The van der Waals surface area contributed by atoms with Gasteiger partial charge in [0.15, 0.2) is 5.65 Å². The summed E-state index contributed by atoms with van der Waals surface area (Å²) in [5.74, 6) is 4.24. The van der Waals surface area contributed by atoms with Crippen molar-refractivity contribution >= 4 is 27.4 Å². The number of piperidine rings is 1. The highest BCUT2D eigenvalue weighted by Gasteiger charge is 2.60. The number of fused-ring (bicyclic) bond motifs is 6. The summed E-state index contributed by atoms with van der Waals surface area (Å²) in [5.41, 5.74) is 11.2. The largest absolute Gasteiger partial charge is 0.393 e. The second-order valence-electron chi connectivity index (χ2n) is 17.2. The van der Waals surface area contributed by atoms with Crippen molar-refractivity contribution in [3.05, 3.63) is 28.8 Å². The highest BCUT2D eigenvalue weighted by Crippen LogP contribution is 2.66.